The zero-order valence-corrected chi connectivity index (χ0v) is 20.8. The highest BCUT2D eigenvalue weighted by Crippen LogP contribution is 2.35. The van der Waals surface area contributed by atoms with Gasteiger partial charge in [0.15, 0.2) is 5.82 Å². The predicted octanol–water partition coefficient (Wildman–Crippen LogP) is 4.10. The maximum Gasteiger partial charge on any atom is 0.237 e. The molecule has 0 spiro atoms. The van der Waals surface area contributed by atoms with Gasteiger partial charge >= 0.3 is 0 Å². The number of fused-ring (bicyclic) bond motifs is 1. The quantitative estimate of drug-likeness (QED) is 0.407. The average molecular weight is 508 g/mol. The molecular weight excluding hydrogens is 481 g/mol. The molecule has 10 heteroatoms. The smallest absolute Gasteiger partial charge is 0.237 e. The van der Waals surface area contributed by atoms with Gasteiger partial charge in [0.25, 0.3) is 0 Å². The third kappa shape index (κ3) is 4.29. The topological polar surface area (TPSA) is 102 Å². The number of primary amides is 1. The van der Waals surface area contributed by atoms with Crippen LogP contribution in [0.4, 0.5) is 10.2 Å². The number of nitrogens with one attached hydrogen (secondary N) is 1. The van der Waals surface area contributed by atoms with Gasteiger partial charge in [-0.1, -0.05) is 23.7 Å². The number of imidazole rings is 1. The van der Waals surface area contributed by atoms with Crippen LogP contribution >= 0.6 is 11.6 Å². The van der Waals surface area contributed by atoms with E-state index in [0.29, 0.717) is 59.2 Å². The molecule has 2 aromatic heterocycles. The molecule has 5 rings (SSSR count). The lowest BCUT2D eigenvalue weighted by Gasteiger charge is -2.41. The van der Waals surface area contributed by atoms with Crippen LogP contribution in [0.15, 0.2) is 54.7 Å². The molecule has 36 heavy (non-hydrogen) atoms. The minimum Gasteiger partial charge on any atom is -0.368 e. The van der Waals surface area contributed by atoms with E-state index < -0.39 is 5.54 Å². The first-order valence-electron chi connectivity index (χ1n) is 11.9. The van der Waals surface area contributed by atoms with E-state index in [2.05, 4.69) is 20.4 Å². The fraction of sp³-hybridized carbons (Fsp3) is 0.308. The number of benzene rings is 2. The number of carbonyl (C=O) groups excluding carboxylic acids is 1. The summed E-state index contributed by atoms with van der Waals surface area (Å²) in [5.74, 6) is 0.287. The van der Waals surface area contributed by atoms with Crippen molar-refractivity contribution in [1.29, 1.82) is 0 Å². The Hall–Kier alpha value is -3.56. The third-order valence-corrected chi connectivity index (χ3v) is 6.86. The van der Waals surface area contributed by atoms with Crippen molar-refractivity contribution in [2.24, 2.45) is 5.73 Å². The Kier molecular flexibility index (Phi) is 6.36. The van der Waals surface area contributed by atoms with Crippen molar-refractivity contribution in [2.75, 3.05) is 18.0 Å². The van der Waals surface area contributed by atoms with Gasteiger partial charge in [-0.05, 0) is 63.1 Å². The summed E-state index contributed by atoms with van der Waals surface area (Å²) in [5, 5.41) is 12.6. The zero-order chi connectivity index (χ0) is 25.4. The van der Waals surface area contributed by atoms with Gasteiger partial charge in [0.05, 0.1) is 17.3 Å². The second-order valence-electron chi connectivity index (χ2n) is 9.36. The van der Waals surface area contributed by atoms with Crippen LogP contribution in [0.25, 0.3) is 28.1 Å². The molecule has 8 nitrogen and oxygen atoms in total. The van der Waals surface area contributed by atoms with Crippen molar-refractivity contribution in [3.05, 3.63) is 65.6 Å². The molecule has 4 aromatic rings. The zero-order valence-electron chi connectivity index (χ0n) is 20.1. The molecule has 3 heterocycles. The first-order chi connectivity index (χ1) is 17.3. The number of amides is 1. The number of nitrogens with zero attached hydrogens (tertiary/aromatic N) is 5. The van der Waals surface area contributed by atoms with E-state index in [1.807, 2.05) is 30.5 Å². The number of carbonyl (C=O) groups is 1. The molecule has 1 aliphatic rings. The highest BCUT2D eigenvalue weighted by molar-refractivity contribution is 6.30. The summed E-state index contributed by atoms with van der Waals surface area (Å²) in [4.78, 5) is 19.3. The minimum atomic E-state index is -0.771. The van der Waals surface area contributed by atoms with Crippen LogP contribution in [-0.2, 0) is 4.79 Å². The second kappa shape index (κ2) is 9.48. The van der Waals surface area contributed by atoms with Gasteiger partial charge in [-0.15, -0.1) is 5.10 Å². The molecule has 1 saturated heterocycles. The Labute approximate surface area is 213 Å². The molecule has 1 fully saturated rings. The molecule has 0 aliphatic carbocycles. The highest BCUT2D eigenvalue weighted by Gasteiger charge is 2.41. The number of aromatic nitrogens is 4. The van der Waals surface area contributed by atoms with E-state index in [-0.39, 0.29) is 17.8 Å². The predicted molar refractivity (Wildman–Crippen MR) is 139 cm³/mol. The van der Waals surface area contributed by atoms with E-state index in [4.69, 9.17) is 22.3 Å². The lowest BCUT2D eigenvalue weighted by molar-refractivity contribution is -0.125. The largest absolute Gasteiger partial charge is 0.368 e. The van der Waals surface area contributed by atoms with Crippen LogP contribution in [0.1, 0.15) is 26.7 Å². The van der Waals surface area contributed by atoms with Crippen molar-refractivity contribution < 1.29 is 9.18 Å². The highest BCUT2D eigenvalue weighted by atomic mass is 35.5. The van der Waals surface area contributed by atoms with Crippen LogP contribution in [0.5, 0.6) is 0 Å². The van der Waals surface area contributed by atoms with Crippen molar-refractivity contribution in [3.63, 3.8) is 0 Å². The lowest BCUT2D eigenvalue weighted by atomic mass is 9.86. The molecule has 2 aromatic carbocycles. The first kappa shape index (κ1) is 24.1. The fourth-order valence-electron chi connectivity index (χ4n) is 4.90. The van der Waals surface area contributed by atoms with Crippen LogP contribution in [0, 0.1) is 5.82 Å². The molecule has 1 amide bonds. The van der Waals surface area contributed by atoms with Gasteiger partial charge in [-0.3, -0.25) is 9.36 Å². The summed E-state index contributed by atoms with van der Waals surface area (Å²) in [6.45, 7) is 5.08. The number of piperidine rings is 1. The Bertz CT molecular complexity index is 1410. The average Bonchev–Trinajstić information content (AvgIpc) is 3.24. The maximum atomic E-state index is 14.9. The van der Waals surface area contributed by atoms with E-state index in [0.717, 1.165) is 5.69 Å². The molecule has 3 N–H and O–H groups in total. The Morgan fingerprint density at radius 3 is 2.47 bits per heavy atom. The van der Waals surface area contributed by atoms with Gasteiger partial charge in [-0.25, -0.2) is 9.37 Å². The van der Waals surface area contributed by atoms with Crippen LogP contribution < -0.4 is 16.0 Å². The minimum absolute atomic E-state index is 0.116. The fourth-order valence-corrected chi connectivity index (χ4v) is 5.03. The molecule has 0 unspecified atom stereocenters. The molecule has 186 valence electrons. The van der Waals surface area contributed by atoms with Crippen molar-refractivity contribution in [2.45, 2.75) is 38.3 Å². The number of halogens is 2. The SMILES string of the molecule is CC(C)NC1(C(N)=O)CCN(c2nncc3c2nc(-c2ccccc2F)n3-c2ccc(Cl)cc2)CC1. The number of anilines is 1. The summed E-state index contributed by atoms with van der Waals surface area (Å²) in [6.07, 6.45) is 2.68. The summed E-state index contributed by atoms with van der Waals surface area (Å²) >= 11 is 6.12. The second-order valence-corrected chi connectivity index (χ2v) is 9.80. The standard InChI is InChI=1S/C26H27ClFN7O/c1-16(2)32-26(25(29)36)11-13-34(14-12-26)24-22-21(15-30-33-24)35(18-9-7-17(27)8-10-18)23(31-22)19-5-3-4-6-20(19)28/h3-10,15-16,32H,11-14H2,1-2H3,(H2,29,36). The summed E-state index contributed by atoms with van der Waals surface area (Å²) in [5.41, 5.74) is 7.44. The number of hydrogen-bond donors (Lipinski definition) is 2. The van der Waals surface area contributed by atoms with Gasteiger partial charge in [-0.2, -0.15) is 5.10 Å². The molecular formula is C26H27ClFN7O. The Morgan fingerprint density at radius 1 is 1.14 bits per heavy atom. The normalized spacial score (nSPS) is 15.5. The molecule has 0 saturated carbocycles. The van der Waals surface area contributed by atoms with Crippen molar-refractivity contribution >= 4 is 34.4 Å². The van der Waals surface area contributed by atoms with E-state index in [9.17, 15) is 9.18 Å². The Balaban J connectivity index is 1.61. The molecule has 0 radical (unpaired) electrons. The monoisotopic (exact) mass is 507 g/mol. The van der Waals surface area contributed by atoms with Crippen molar-refractivity contribution in [1.82, 2.24) is 25.1 Å². The van der Waals surface area contributed by atoms with Gasteiger partial charge in [0.1, 0.15) is 22.7 Å². The number of rotatable bonds is 6. The first-order valence-corrected chi connectivity index (χ1v) is 12.2. The summed E-state index contributed by atoms with van der Waals surface area (Å²) < 4.78 is 16.8. The van der Waals surface area contributed by atoms with Crippen molar-refractivity contribution in [3.8, 4) is 17.1 Å². The van der Waals surface area contributed by atoms with Gasteiger partial charge in [0, 0.05) is 29.8 Å². The molecule has 1 aliphatic heterocycles. The molecule has 0 atom stereocenters. The van der Waals surface area contributed by atoms with Crippen LogP contribution in [0.3, 0.4) is 0 Å². The van der Waals surface area contributed by atoms with Crippen LogP contribution in [0.2, 0.25) is 5.02 Å². The maximum absolute atomic E-state index is 14.9. The van der Waals surface area contributed by atoms with E-state index in [1.165, 1.54) is 6.07 Å². The van der Waals surface area contributed by atoms with Crippen LogP contribution in [-0.4, -0.2) is 50.3 Å². The van der Waals surface area contributed by atoms with Gasteiger partial charge in [0.2, 0.25) is 5.91 Å². The lowest BCUT2D eigenvalue weighted by Crippen LogP contribution is -2.62. The summed E-state index contributed by atoms with van der Waals surface area (Å²) in [7, 11) is 0. The third-order valence-electron chi connectivity index (χ3n) is 6.61. The van der Waals surface area contributed by atoms with E-state index >= 15 is 0 Å². The number of hydrogen-bond acceptors (Lipinski definition) is 6. The van der Waals surface area contributed by atoms with E-state index in [1.54, 1.807) is 36.5 Å². The molecule has 0 bridgehead atoms. The summed E-state index contributed by atoms with van der Waals surface area (Å²) in [6, 6.07) is 13.9. The van der Waals surface area contributed by atoms with Gasteiger partial charge < -0.3 is 16.0 Å². The Morgan fingerprint density at radius 2 is 1.83 bits per heavy atom. The number of nitrogens with two attached hydrogens (primary N) is 1.